The van der Waals surface area contributed by atoms with Crippen LogP contribution in [0.4, 0.5) is 10.5 Å². The van der Waals surface area contributed by atoms with Crippen molar-refractivity contribution in [3.63, 3.8) is 0 Å². The van der Waals surface area contributed by atoms with E-state index in [9.17, 15) is 24.5 Å². The molecule has 0 atom stereocenters. The zero-order valence-corrected chi connectivity index (χ0v) is 30.1. The summed E-state index contributed by atoms with van der Waals surface area (Å²) in [7, 11) is 0. The first kappa shape index (κ1) is 42.9. The van der Waals surface area contributed by atoms with E-state index in [1.807, 2.05) is 0 Å². The topological polar surface area (TPSA) is 137 Å². The molecule has 0 aliphatic heterocycles. The van der Waals surface area contributed by atoms with Gasteiger partial charge in [-0.15, -0.1) is 0 Å². The summed E-state index contributed by atoms with van der Waals surface area (Å²) in [6.07, 6.45) is 25.4. The zero-order chi connectivity index (χ0) is 35.1. The Balaban J connectivity index is 2.38. The Kier molecular flexibility index (Phi) is 26.7. The average Bonchev–Trinajstić information content (AvgIpc) is 3.07. The van der Waals surface area contributed by atoms with E-state index >= 15 is 0 Å². The lowest BCUT2D eigenvalue weighted by atomic mass is 10.1. The van der Waals surface area contributed by atoms with E-state index in [4.69, 9.17) is 9.47 Å². The standard InChI is InChI=1S/C38H65N3O7/c1-3-5-7-9-11-13-15-17-19-21-23-25-36(42)39-31-35(48-38(44)47-34-29-27-33(28-30-34)41(45)46)32-40-37(43)26-24-22-20-18-16-14-12-10-8-6-4-2/h27-30,35H,3-26,31-32H2,1-2H3,(H,39,42)(H,40,43). The van der Waals surface area contributed by atoms with Gasteiger partial charge in [-0.25, -0.2) is 4.79 Å². The largest absolute Gasteiger partial charge is 0.514 e. The van der Waals surface area contributed by atoms with Crippen LogP contribution < -0.4 is 15.4 Å². The quantitative estimate of drug-likeness (QED) is 0.0263. The van der Waals surface area contributed by atoms with E-state index in [1.165, 1.54) is 127 Å². The second-order valence-corrected chi connectivity index (χ2v) is 13.0. The van der Waals surface area contributed by atoms with E-state index in [0.717, 1.165) is 38.5 Å². The Morgan fingerprint density at radius 3 is 1.31 bits per heavy atom. The van der Waals surface area contributed by atoms with Crippen molar-refractivity contribution in [2.24, 2.45) is 0 Å². The van der Waals surface area contributed by atoms with E-state index < -0.39 is 17.2 Å². The van der Waals surface area contributed by atoms with E-state index in [0.29, 0.717) is 12.8 Å². The van der Waals surface area contributed by atoms with Crippen molar-refractivity contribution < 1.29 is 28.8 Å². The minimum absolute atomic E-state index is 0.0327. The van der Waals surface area contributed by atoms with Crippen LogP contribution in [0.15, 0.2) is 24.3 Å². The molecule has 10 nitrogen and oxygen atoms in total. The van der Waals surface area contributed by atoms with Crippen molar-refractivity contribution >= 4 is 23.7 Å². The second-order valence-electron chi connectivity index (χ2n) is 13.0. The van der Waals surface area contributed by atoms with Gasteiger partial charge in [-0.1, -0.05) is 142 Å². The Morgan fingerprint density at radius 2 is 0.958 bits per heavy atom. The Labute approximate surface area is 290 Å². The third-order valence-electron chi connectivity index (χ3n) is 8.58. The van der Waals surface area contributed by atoms with Gasteiger partial charge in [-0.05, 0) is 25.0 Å². The fourth-order valence-electron chi connectivity index (χ4n) is 5.58. The third kappa shape index (κ3) is 24.9. The summed E-state index contributed by atoms with van der Waals surface area (Å²) in [4.78, 5) is 47.9. The first-order valence-electron chi connectivity index (χ1n) is 19.0. The van der Waals surface area contributed by atoms with Crippen LogP contribution in [0.5, 0.6) is 5.75 Å². The Bertz CT molecular complexity index is 945. The molecule has 2 N–H and O–H groups in total. The van der Waals surface area contributed by atoms with Crippen molar-refractivity contribution in [3.05, 3.63) is 34.4 Å². The van der Waals surface area contributed by atoms with Gasteiger partial charge in [0.25, 0.3) is 5.69 Å². The van der Waals surface area contributed by atoms with Gasteiger partial charge in [0.15, 0.2) is 0 Å². The molecule has 0 aliphatic carbocycles. The molecule has 0 heterocycles. The molecule has 0 saturated heterocycles. The van der Waals surface area contributed by atoms with Crippen molar-refractivity contribution in [2.75, 3.05) is 13.1 Å². The predicted octanol–water partition coefficient (Wildman–Crippen LogP) is 10.1. The number of carbonyl (C=O) groups is 3. The molecule has 0 bridgehead atoms. The first-order chi connectivity index (χ1) is 23.3. The number of unbranched alkanes of at least 4 members (excludes halogenated alkanes) is 20. The van der Waals surface area contributed by atoms with Gasteiger partial charge in [0.05, 0.1) is 18.0 Å². The molecule has 0 saturated carbocycles. The summed E-state index contributed by atoms with van der Waals surface area (Å²) in [6.45, 7) is 4.53. The number of rotatable bonds is 31. The monoisotopic (exact) mass is 675 g/mol. The number of benzene rings is 1. The smallest absolute Gasteiger partial charge is 0.427 e. The number of hydrogen-bond acceptors (Lipinski definition) is 7. The van der Waals surface area contributed by atoms with Gasteiger partial charge in [0.2, 0.25) is 11.8 Å². The molecule has 0 fully saturated rings. The first-order valence-corrected chi connectivity index (χ1v) is 19.0. The molecule has 0 aliphatic rings. The van der Waals surface area contributed by atoms with Crippen molar-refractivity contribution in [1.82, 2.24) is 10.6 Å². The van der Waals surface area contributed by atoms with Crippen LogP contribution in [0.25, 0.3) is 0 Å². The van der Waals surface area contributed by atoms with Gasteiger partial charge in [0.1, 0.15) is 11.9 Å². The number of ether oxygens (including phenoxy) is 2. The molecule has 1 aromatic rings. The lowest BCUT2D eigenvalue weighted by Crippen LogP contribution is -2.42. The Morgan fingerprint density at radius 1 is 0.604 bits per heavy atom. The van der Waals surface area contributed by atoms with Crippen LogP contribution in [0.3, 0.4) is 0 Å². The van der Waals surface area contributed by atoms with E-state index in [2.05, 4.69) is 24.5 Å². The maximum Gasteiger partial charge on any atom is 0.514 e. The number of nitro groups is 1. The minimum atomic E-state index is -1.02. The van der Waals surface area contributed by atoms with Crippen molar-refractivity contribution in [1.29, 1.82) is 0 Å². The number of non-ortho nitro benzene ring substituents is 1. The van der Waals surface area contributed by atoms with Crippen molar-refractivity contribution in [2.45, 2.75) is 174 Å². The summed E-state index contributed by atoms with van der Waals surface area (Å²) < 4.78 is 10.6. The van der Waals surface area contributed by atoms with Crippen LogP contribution in [-0.4, -0.2) is 42.1 Å². The molecular formula is C38H65N3O7. The summed E-state index contributed by atoms with van der Waals surface area (Å²) in [5, 5.41) is 16.5. The maximum atomic E-state index is 12.5. The Hall–Kier alpha value is -3.17. The number of amides is 2. The highest BCUT2D eigenvalue weighted by Crippen LogP contribution is 2.18. The van der Waals surface area contributed by atoms with Crippen LogP contribution in [-0.2, 0) is 14.3 Å². The molecule has 0 unspecified atom stereocenters. The van der Waals surface area contributed by atoms with Crippen molar-refractivity contribution in [3.8, 4) is 5.75 Å². The maximum absolute atomic E-state index is 12.5. The predicted molar refractivity (Wildman–Crippen MR) is 192 cm³/mol. The minimum Gasteiger partial charge on any atom is -0.427 e. The number of nitrogens with zero attached hydrogens (tertiary/aromatic N) is 1. The molecule has 1 rings (SSSR count). The summed E-state index contributed by atoms with van der Waals surface area (Å²) >= 11 is 0. The van der Waals surface area contributed by atoms with Crippen LogP contribution in [0.2, 0.25) is 0 Å². The van der Waals surface area contributed by atoms with E-state index in [-0.39, 0.29) is 36.3 Å². The average molecular weight is 676 g/mol. The van der Waals surface area contributed by atoms with Crippen LogP contribution in [0.1, 0.15) is 168 Å². The summed E-state index contributed by atoms with van der Waals surface area (Å²) in [5.41, 5.74) is -0.130. The fourth-order valence-corrected chi connectivity index (χ4v) is 5.58. The van der Waals surface area contributed by atoms with Gasteiger partial charge in [-0.3, -0.25) is 19.7 Å². The molecule has 10 heteroatoms. The molecule has 0 radical (unpaired) electrons. The lowest BCUT2D eigenvalue weighted by Gasteiger charge is -2.19. The highest BCUT2D eigenvalue weighted by molar-refractivity contribution is 5.76. The number of nitrogens with one attached hydrogen (secondary N) is 2. The molecule has 0 spiro atoms. The van der Waals surface area contributed by atoms with Crippen LogP contribution in [0, 0.1) is 10.1 Å². The second kappa shape index (κ2) is 29.9. The highest BCUT2D eigenvalue weighted by atomic mass is 16.7. The third-order valence-corrected chi connectivity index (χ3v) is 8.58. The highest BCUT2D eigenvalue weighted by Gasteiger charge is 2.19. The molecule has 0 aromatic heterocycles. The molecular weight excluding hydrogens is 610 g/mol. The normalized spacial score (nSPS) is 11.0. The van der Waals surface area contributed by atoms with Crippen LogP contribution >= 0.6 is 0 Å². The molecule has 2 amide bonds. The summed E-state index contributed by atoms with van der Waals surface area (Å²) in [5.74, 6) is -0.170. The SMILES string of the molecule is CCCCCCCCCCCCCC(=O)NCC(CNC(=O)CCCCCCCCCCCCC)OC(=O)Oc1ccc([N+](=O)[O-])cc1. The zero-order valence-electron chi connectivity index (χ0n) is 30.1. The molecule has 1 aromatic carbocycles. The lowest BCUT2D eigenvalue weighted by molar-refractivity contribution is -0.384. The summed E-state index contributed by atoms with van der Waals surface area (Å²) in [6, 6.07) is 5.06. The van der Waals surface area contributed by atoms with Gasteiger partial charge >= 0.3 is 6.16 Å². The number of carbonyl (C=O) groups excluding carboxylic acids is 3. The number of hydrogen-bond donors (Lipinski definition) is 2. The van der Waals surface area contributed by atoms with Gasteiger partial charge < -0.3 is 20.1 Å². The number of nitro benzene ring substituents is 1. The van der Waals surface area contributed by atoms with Gasteiger partial charge in [0, 0.05) is 25.0 Å². The molecule has 48 heavy (non-hydrogen) atoms. The molecule has 274 valence electrons. The van der Waals surface area contributed by atoms with Gasteiger partial charge in [-0.2, -0.15) is 0 Å². The fraction of sp³-hybridized carbons (Fsp3) is 0.763. The van der Waals surface area contributed by atoms with E-state index in [1.54, 1.807) is 0 Å².